The molecular formula is C4H8O2Se. The average molecular weight is 167 g/mol. The second-order valence-corrected chi connectivity index (χ2v) is 4.53. The van der Waals surface area contributed by atoms with Crippen LogP contribution < -0.4 is 0 Å². The normalized spacial score (nSPS) is 28.3. The van der Waals surface area contributed by atoms with Gasteiger partial charge in [0.2, 0.25) is 0 Å². The van der Waals surface area contributed by atoms with Crippen molar-refractivity contribution in [3.63, 3.8) is 0 Å². The van der Waals surface area contributed by atoms with E-state index in [0.717, 1.165) is 11.7 Å². The molecule has 1 aliphatic rings. The quantitative estimate of drug-likeness (QED) is 0.378. The van der Waals surface area contributed by atoms with Crippen LogP contribution in [0, 0.1) is 0 Å². The van der Waals surface area contributed by atoms with Gasteiger partial charge in [0.1, 0.15) is 0 Å². The summed E-state index contributed by atoms with van der Waals surface area (Å²) in [5.41, 5.74) is 0. The first-order valence-corrected chi connectivity index (χ1v) is 4.36. The molecule has 3 heteroatoms. The Balaban J connectivity index is 2.40. The van der Waals surface area contributed by atoms with Crippen LogP contribution in [0.25, 0.3) is 0 Å². The second kappa shape index (κ2) is 1.75. The molecule has 0 aliphatic carbocycles. The fourth-order valence-electron chi connectivity index (χ4n) is 0.610. The van der Waals surface area contributed by atoms with Crippen molar-refractivity contribution < 1.29 is 10.2 Å². The molecule has 2 nitrogen and oxygen atoms in total. The summed E-state index contributed by atoms with van der Waals surface area (Å²) in [5.74, 6) is 0. The van der Waals surface area contributed by atoms with E-state index in [4.69, 9.17) is 10.2 Å². The number of hydrogen-bond donors (Lipinski definition) is 2. The summed E-state index contributed by atoms with van der Waals surface area (Å²) in [5, 5.41) is 18.6. The van der Waals surface area contributed by atoms with Crippen molar-refractivity contribution in [2.45, 2.75) is 22.8 Å². The van der Waals surface area contributed by atoms with Gasteiger partial charge in [-0.1, -0.05) is 0 Å². The molecule has 42 valence electrons. The number of aliphatic hydroxyl groups is 2. The molecule has 0 radical (unpaired) electrons. The molecular weight excluding hydrogens is 159 g/mol. The second-order valence-electron chi connectivity index (χ2n) is 1.70. The monoisotopic (exact) mass is 168 g/mol. The van der Waals surface area contributed by atoms with Crippen LogP contribution in [0.1, 0.15) is 12.8 Å². The molecule has 1 heterocycles. The summed E-state index contributed by atoms with van der Waals surface area (Å²) in [6, 6.07) is 0. The Kier molecular flexibility index (Phi) is 1.39. The Morgan fingerprint density at radius 3 is 2.29 bits per heavy atom. The Bertz CT molecular complexity index is 64.1. The zero-order valence-electron chi connectivity index (χ0n) is 3.92. The summed E-state index contributed by atoms with van der Waals surface area (Å²) >= 11 is 0.0764. The van der Waals surface area contributed by atoms with Crippen LogP contribution in [0.5, 0.6) is 0 Å². The van der Waals surface area contributed by atoms with Gasteiger partial charge in [-0.15, -0.1) is 0 Å². The van der Waals surface area contributed by atoms with Crippen LogP contribution in [0.3, 0.4) is 0 Å². The SMILES string of the molecule is OC1(O)CCC[Se]1. The van der Waals surface area contributed by atoms with E-state index in [1.165, 1.54) is 0 Å². The molecule has 1 fully saturated rings. The topological polar surface area (TPSA) is 40.5 Å². The number of rotatable bonds is 0. The summed E-state index contributed by atoms with van der Waals surface area (Å²) in [7, 11) is 0. The maximum absolute atomic E-state index is 8.78. The first-order chi connectivity index (χ1) is 3.21. The van der Waals surface area contributed by atoms with E-state index in [9.17, 15) is 0 Å². The van der Waals surface area contributed by atoms with Gasteiger partial charge >= 0.3 is 48.0 Å². The van der Waals surface area contributed by atoms with Crippen molar-refractivity contribution in [3.05, 3.63) is 0 Å². The van der Waals surface area contributed by atoms with Gasteiger partial charge in [0, 0.05) is 0 Å². The summed E-state index contributed by atoms with van der Waals surface area (Å²) in [4.78, 5) is 0. The van der Waals surface area contributed by atoms with Crippen LogP contribution in [0.4, 0.5) is 0 Å². The Labute approximate surface area is 48.7 Å². The van der Waals surface area contributed by atoms with Crippen molar-refractivity contribution in [2.24, 2.45) is 0 Å². The Morgan fingerprint density at radius 2 is 2.14 bits per heavy atom. The van der Waals surface area contributed by atoms with Crippen LogP contribution in [0.2, 0.25) is 5.32 Å². The molecule has 0 bridgehead atoms. The van der Waals surface area contributed by atoms with Gasteiger partial charge in [0.05, 0.1) is 0 Å². The van der Waals surface area contributed by atoms with Crippen molar-refractivity contribution in [2.75, 3.05) is 0 Å². The summed E-state index contributed by atoms with van der Waals surface area (Å²) in [6.45, 7) is 0. The minimum absolute atomic E-state index is 0.0764. The molecule has 0 aromatic heterocycles. The third kappa shape index (κ3) is 1.42. The third-order valence-corrected chi connectivity index (χ3v) is 3.41. The molecule has 0 unspecified atom stereocenters. The first-order valence-electron chi connectivity index (χ1n) is 2.29. The summed E-state index contributed by atoms with van der Waals surface area (Å²) in [6.07, 6.45) is 1.58. The zero-order valence-corrected chi connectivity index (χ0v) is 5.64. The first kappa shape index (κ1) is 5.57. The van der Waals surface area contributed by atoms with Crippen LogP contribution in [0.15, 0.2) is 0 Å². The van der Waals surface area contributed by atoms with E-state index in [2.05, 4.69) is 0 Å². The van der Waals surface area contributed by atoms with Gasteiger partial charge in [-0.25, -0.2) is 0 Å². The molecule has 0 spiro atoms. The van der Waals surface area contributed by atoms with E-state index in [-0.39, 0.29) is 15.0 Å². The van der Waals surface area contributed by atoms with Crippen LogP contribution in [-0.2, 0) is 0 Å². The Hall–Kier alpha value is 0.439. The molecule has 0 atom stereocenters. The molecule has 0 aromatic carbocycles. The van der Waals surface area contributed by atoms with Gasteiger partial charge < -0.3 is 0 Å². The predicted octanol–water partition coefficient (Wildman–Crippen LogP) is -0.459. The van der Waals surface area contributed by atoms with E-state index in [1.54, 1.807) is 0 Å². The fraction of sp³-hybridized carbons (Fsp3) is 1.00. The minimum atomic E-state index is -1.24. The van der Waals surface area contributed by atoms with Crippen molar-refractivity contribution in [1.82, 2.24) is 0 Å². The van der Waals surface area contributed by atoms with Crippen molar-refractivity contribution in [1.29, 1.82) is 0 Å². The van der Waals surface area contributed by atoms with Gasteiger partial charge in [-0.05, 0) is 0 Å². The molecule has 2 N–H and O–H groups in total. The van der Waals surface area contributed by atoms with Gasteiger partial charge in [-0.3, -0.25) is 0 Å². The number of hydrogen-bond acceptors (Lipinski definition) is 2. The molecule has 1 saturated heterocycles. The maximum atomic E-state index is 8.78. The van der Waals surface area contributed by atoms with Crippen molar-refractivity contribution in [3.8, 4) is 0 Å². The fourth-order valence-corrected chi connectivity index (χ4v) is 2.51. The molecule has 1 rings (SSSR count). The third-order valence-electron chi connectivity index (χ3n) is 0.980. The van der Waals surface area contributed by atoms with E-state index >= 15 is 0 Å². The molecule has 0 aromatic rings. The zero-order chi connectivity index (χ0) is 5.33. The molecule has 0 saturated carbocycles. The standard InChI is InChI=1S/C4H8O2Se/c5-4(6)2-1-3-7-4/h5-6H,1-3H2. The van der Waals surface area contributed by atoms with E-state index in [0.29, 0.717) is 6.42 Å². The predicted molar refractivity (Wildman–Crippen MR) is 27.0 cm³/mol. The van der Waals surface area contributed by atoms with Crippen molar-refractivity contribution >= 4 is 15.0 Å². The van der Waals surface area contributed by atoms with E-state index < -0.39 is 4.69 Å². The van der Waals surface area contributed by atoms with Gasteiger partial charge in [0.15, 0.2) is 0 Å². The summed E-state index contributed by atoms with van der Waals surface area (Å²) < 4.78 is -1.24. The molecule has 1 aliphatic heterocycles. The molecule has 0 amide bonds. The van der Waals surface area contributed by atoms with E-state index in [1.807, 2.05) is 0 Å². The van der Waals surface area contributed by atoms with Gasteiger partial charge in [-0.2, -0.15) is 0 Å². The molecule has 7 heavy (non-hydrogen) atoms. The van der Waals surface area contributed by atoms with Gasteiger partial charge in [0.25, 0.3) is 0 Å². The van der Waals surface area contributed by atoms with Crippen LogP contribution >= 0.6 is 0 Å². The Morgan fingerprint density at radius 1 is 1.43 bits per heavy atom. The van der Waals surface area contributed by atoms with Crippen LogP contribution in [-0.4, -0.2) is 29.9 Å². The average Bonchev–Trinajstić information content (AvgIpc) is 1.84.